The number of nitrogens with one attached hydrogen (secondary N) is 2. The number of rotatable bonds is 6. The topological polar surface area (TPSA) is 115 Å². The fraction of sp³-hybridized carbons (Fsp3) is 0.545. The fourth-order valence-electron chi connectivity index (χ4n) is 1.63. The number of hydrogen-bond donors (Lipinski definition) is 4. The molecule has 7 nitrogen and oxygen atoms in total. The van der Waals surface area contributed by atoms with Crippen LogP contribution in [0.4, 0.5) is 0 Å². The Labute approximate surface area is 104 Å². The van der Waals surface area contributed by atoms with Crippen LogP contribution in [-0.4, -0.2) is 44.9 Å². The third-order valence-electron chi connectivity index (χ3n) is 2.67. The molecule has 0 bridgehead atoms. The molecule has 0 saturated carbocycles. The number of aliphatic hydroxyl groups excluding tert-OH is 1. The largest absolute Gasteiger partial charge is 0.480 e. The molecule has 7 heteroatoms. The minimum absolute atomic E-state index is 0.00950. The minimum atomic E-state index is -1.15. The average Bonchev–Trinajstić information content (AvgIpc) is 2.60. The Bertz CT molecular complexity index is 422. The molecule has 18 heavy (non-hydrogen) atoms. The monoisotopic (exact) mass is 255 g/mol. The summed E-state index contributed by atoms with van der Waals surface area (Å²) >= 11 is 0. The van der Waals surface area contributed by atoms with E-state index in [1.165, 1.54) is 0 Å². The number of hydrogen-bond acceptors (Lipinski definition) is 4. The summed E-state index contributed by atoms with van der Waals surface area (Å²) in [4.78, 5) is 22.5. The van der Waals surface area contributed by atoms with E-state index in [0.29, 0.717) is 0 Å². The molecular weight excluding hydrogens is 238 g/mol. The first-order valence-electron chi connectivity index (χ1n) is 5.59. The van der Waals surface area contributed by atoms with Crippen molar-refractivity contribution in [2.75, 3.05) is 6.61 Å². The molecule has 100 valence electrons. The Balaban J connectivity index is 2.63. The van der Waals surface area contributed by atoms with Gasteiger partial charge in [-0.15, -0.1) is 0 Å². The molecule has 1 amide bonds. The molecule has 0 fully saturated rings. The van der Waals surface area contributed by atoms with Crippen molar-refractivity contribution in [1.29, 1.82) is 0 Å². The number of amides is 1. The summed E-state index contributed by atoms with van der Waals surface area (Å²) < 4.78 is 0. The SMILES string of the molecule is Cc1n[nH]c(C)c1CC(=O)NC(CCO)C(=O)O. The molecule has 0 radical (unpaired) electrons. The quantitative estimate of drug-likeness (QED) is 0.548. The lowest BCUT2D eigenvalue weighted by atomic mass is 10.1. The van der Waals surface area contributed by atoms with Crippen LogP contribution >= 0.6 is 0 Å². The molecule has 1 aromatic heterocycles. The highest BCUT2D eigenvalue weighted by Gasteiger charge is 2.20. The second kappa shape index (κ2) is 6.15. The van der Waals surface area contributed by atoms with Crippen LogP contribution in [0.25, 0.3) is 0 Å². The maximum Gasteiger partial charge on any atom is 0.326 e. The summed E-state index contributed by atoms with van der Waals surface area (Å²) in [5.41, 5.74) is 2.27. The minimum Gasteiger partial charge on any atom is -0.480 e. The van der Waals surface area contributed by atoms with Crippen LogP contribution in [0.1, 0.15) is 23.4 Å². The summed E-state index contributed by atoms with van der Waals surface area (Å²) in [5.74, 6) is -1.55. The van der Waals surface area contributed by atoms with E-state index in [9.17, 15) is 9.59 Å². The molecule has 0 spiro atoms. The number of aryl methyl sites for hydroxylation is 2. The van der Waals surface area contributed by atoms with Crippen molar-refractivity contribution in [1.82, 2.24) is 15.5 Å². The first-order valence-corrected chi connectivity index (χ1v) is 5.59. The molecule has 1 atom stereocenters. The van der Waals surface area contributed by atoms with Crippen molar-refractivity contribution >= 4 is 11.9 Å². The molecule has 0 aliphatic carbocycles. The summed E-state index contributed by atoms with van der Waals surface area (Å²) in [5, 5.41) is 26.6. The van der Waals surface area contributed by atoms with Gasteiger partial charge >= 0.3 is 5.97 Å². The maximum absolute atomic E-state index is 11.7. The number of carboxylic acid groups (broad SMARTS) is 1. The Morgan fingerprint density at radius 2 is 2.11 bits per heavy atom. The van der Waals surface area contributed by atoms with Gasteiger partial charge in [0.2, 0.25) is 5.91 Å². The highest BCUT2D eigenvalue weighted by atomic mass is 16.4. The van der Waals surface area contributed by atoms with Crippen molar-refractivity contribution in [3.05, 3.63) is 17.0 Å². The Kier molecular flexibility index (Phi) is 4.85. The smallest absolute Gasteiger partial charge is 0.326 e. The number of H-pyrrole nitrogens is 1. The van der Waals surface area contributed by atoms with Gasteiger partial charge in [-0.2, -0.15) is 5.10 Å². The van der Waals surface area contributed by atoms with Gasteiger partial charge in [0, 0.05) is 24.3 Å². The molecule has 4 N–H and O–H groups in total. The standard InChI is InChI=1S/C11H17N3O4/c1-6-8(7(2)14-13-6)5-10(16)12-9(3-4-15)11(17)18/h9,15H,3-5H2,1-2H3,(H,12,16)(H,13,14)(H,17,18). The van der Waals surface area contributed by atoms with Gasteiger partial charge in [-0.25, -0.2) is 4.79 Å². The second-order valence-electron chi connectivity index (χ2n) is 4.06. The Hall–Kier alpha value is -1.89. The van der Waals surface area contributed by atoms with E-state index in [4.69, 9.17) is 10.2 Å². The van der Waals surface area contributed by atoms with Crippen LogP contribution in [0.15, 0.2) is 0 Å². The normalized spacial score (nSPS) is 12.2. The van der Waals surface area contributed by atoms with E-state index >= 15 is 0 Å². The van der Waals surface area contributed by atoms with E-state index in [2.05, 4.69) is 15.5 Å². The molecule has 0 aromatic carbocycles. The molecule has 0 aliphatic rings. The number of nitrogens with zero attached hydrogens (tertiary/aromatic N) is 1. The van der Waals surface area contributed by atoms with Gasteiger partial charge in [0.05, 0.1) is 12.1 Å². The summed E-state index contributed by atoms with van der Waals surface area (Å²) in [6, 6.07) is -1.06. The third-order valence-corrected chi connectivity index (χ3v) is 2.67. The van der Waals surface area contributed by atoms with Crippen molar-refractivity contribution in [3.63, 3.8) is 0 Å². The van der Waals surface area contributed by atoms with Crippen LogP contribution in [0.2, 0.25) is 0 Å². The number of carboxylic acids is 1. The lowest BCUT2D eigenvalue weighted by Crippen LogP contribution is -2.42. The molecule has 0 aliphatic heterocycles. The molecule has 1 aromatic rings. The van der Waals surface area contributed by atoms with Crippen LogP contribution in [-0.2, 0) is 16.0 Å². The zero-order chi connectivity index (χ0) is 13.7. The lowest BCUT2D eigenvalue weighted by molar-refractivity contribution is -0.142. The Morgan fingerprint density at radius 3 is 2.56 bits per heavy atom. The van der Waals surface area contributed by atoms with E-state index < -0.39 is 17.9 Å². The summed E-state index contributed by atoms with van der Waals surface area (Å²) in [7, 11) is 0. The van der Waals surface area contributed by atoms with Crippen molar-refractivity contribution in [2.24, 2.45) is 0 Å². The van der Waals surface area contributed by atoms with Gasteiger partial charge in [0.15, 0.2) is 0 Å². The van der Waals surface area contributed by atoms with Gasteiger partial charge in [0.25, 0.3) is 0 Å². The molecule has 1 rings (SSSR count). The predicted octanol–water partition coefficient (Wildman–Crippen LogP) is -0.479. The number of carbonyl (C=O) groups excluding carboxylic acids is 1. The maximum atomic E-state index is 11.7. The molecule has 1 unspecified atom stereocenters. The zero-order valence-corrected chi connectivity index (χ0v) is 10.4. The van der Waals surface area contributed by atoms with E-state index in [0.717, 1.165) is 17.0 Å². The highest BCUT2D eigenvalue weighted by molar-refractivity contribution is 5.85. The van der Waals surface area contributed by atoms with Gasteiger partial charge in [-0.1, -0.05) is 0 Å². The third kappa shape index (κ3) is 3.56. The average molecular weight is 255 g/mol. The number of carbonyl (C=O) groups is 2. The number of aromatic nitrogens is 2. The van der Waals surface area contributed by atoms with Crippen molar-refractivity contribution in [2.45, 2.75) is 32.7 Å². The van der Waals surface area contributed by atoms with Crippen LogP contribution in [0.5, 0.6) is 0 Å². The molecule has 0 saturated heterocycles. The fourth-order valence-corrected chi connectivity index (χ4v) is 1.63. The van der Waals surface area contributed by atoms with Gasteiger partial charge in [-0.05, 0) is 13.8 Å². The van der Waals surface area contributed by atoms with E-state index in [1.807, 2.05) is 0 Å². The van der Waals surface area contributed by atoms with Crippen molar-refractivity contribution < 1.29 is 19.8 Å². The summed E-state index contributed by atoms with van der Waals surface area (Å²) in [6.07, 6.45) is 0.0633. The van der Waals surface area contributed by atoms with Crippen LogP contribution in [0.3, 0.4) is 0 Å². The molecular formula is C11H17N3O4. The van der Waals surface area contributed by atoms with E-state index in [1.54, 1.807) is 13.8 Å². The zero-order valence-electron chi connectivity index (χ0n) is 10.4. The van der Waals surface area contributed by atoms with Crippen molar-refractivity contribution in [3.8, 4) is 0 Å². The van der Waals surface area contributed by atoms with Crippen LogP contribution < -0.4 is 5.32 Å². The number of aliphatic hydroxyl groups is 1. The lowest BCUT2D eigenvalue weighted by Gasteiger charge is -2.13. The Morgan fingerprint density at radius 1 is 1.44 bits per heavy atom. The number of aliphatic carboxylic acids is 1. The van der Waals surface area contributed by atoms with Gasteiger partial charge < -0.3 is 15.5 Å². The first-order chi connectivity index (χ1) is 8.45. The summed E-state index contributed by atoms with van der Waals surface area (Å²) in [6.45, 7) is 3.28. The van der Waals surface area contributed by atoms with Gasteiger partial charge in [-0.3, -0.25) is 9.89 Å². The number of aromatic amines is 1. The van der Waals surface area contributed by atoms with Crippen LogP contribution in [0, 0.1) is 13.8 Å². The highest BCUT2D eigenvalue weighted by Crippen LogP contribution is 2.10. The predicted molar refractivity (Wildman–Crippen MR) is 63.0 cm³/mol. The van der Waals surface area contributed by atoms with Gasteiger partial charge in [0.1, 0.15) is 6.04 Å². The second-order valence-corrected chi connectivity index (χ2v) is 4.06. The molecule has 1 heterocycles. The first kappa shape index (κ1) is 14.2. The van der Waals surface area contributed by atoms with E-state index in [-0.39, 0.29) is 19.4 Å².